The molecule has 0 radical (unpaired) electrons. The highest BCUT2D eigenvalue weighted by molar-refractivity contribution is 5.73. The van der Waals surface area contributed by atoms with Gasteiger partial charge in [0.2, 0.25) is 5.95 Å². The minimum absolute atomic E-state index is 0.412. The third-order valence-electron chi connectivity index (χ3n) is 2.42. The molecule has 2 rings (SSSR count). The molecule has 0 aliphatic carbocycles. The van der Waals surface area contributed by atoms with Crippen LogP contribution in [0.3, 0.4) is 0 Å². The number of ether oxygens (including phenoxy) is 1. The van der Waals surface area contributed by atoms with E-state index in [9.17, 15) is 0 Å². The number of nitrogens with zero attached hydrogens (tertiary/aromatic N) is 3. The quantitative estimate of drug-likeness (QED) is 0.850. The largest absolute Gasteiger partial charge is 0.384 e. The van der Waals surface area contributed by atoms with Crippen LogP contribution in [0, 0.1) is 5.92 Å². The molecule has 2 aromatic rings. The Balaban J connectivity index is 2.04. The lowest BCUT2D eigenvalue weighted by atomic mass is 10.2. The fourth-order valence-corrected chi connectivity index (χ4v) is 1.56. The van der Waals surface area contributed by atoms with Crippen molar-refractivity contribution in [3.05, 3.63) is 24.3 Å². The Morgan fingerprint density at radius 1 is 1.24 bits per heavy atom. The number of hydrogen-bond donors (Lipinski definition) is 1. The number of fused-ring (bicyclic) bond motifs is 1. The number of rotatable bonds is 5. The Morgan fingerprint density at radius 2 is 2.00 bits per heavy atom. The highest BCUT2D eigenvalue weighted by Crippen LogP contribution is 2.09. The van der Waals surface area contributed by atoms with E-state index in [1.807, 2.05) is 24.3 Å². The summed E-state index contributed by atoms with van der Waals surface area (Å²) in [5, 5.41) is 11.3. The smallest absolute Gasteiger partial charge is 0.243 e. The van der Waals surface area contributed by atoms with Gasteiger partial charge in [-0.3, -0.25) is 0 Å². The molecule has 0 amide bonds. The molecule has 1 aromatic carbocycles. The molecule has 1 aromatic heterocycles. The molecular weight excluding hydrogens is 216 g/mol. The van der Waals surface area contributed by atoms with Crippen molar-refractivity contribution in [1.82, 2.24) is 15.2 Å². The second-order valence-electron chi connectivity index (χ2n) is 4.07. The number of anilines is 1. The van der Waals surface area contributed by atoms with E-state index in [-0.39, 0.29) is 0 Å². The molecule has 0 saturated heterocycles. The fourth-order valence-electron chi connectivity index (χ4n) is 1.56. The first-order chi connectivity index (χ1) is 8.29. The van der Waals surface area contributed by atoms with Crippen LogP contribution in [0.25, 0.3) is 11.0 Å². The van der Waals surface area contributed by atoms with Crippen molar-refractivity contribution in [1.29, 1.82) is 0 Å². The number of methoxy groups -OCH3 is 1. The summed E-state index contributed by atoms with van der Waals surface area (Å²) in [5.41, 5.74) is 1.66. The number of para-hydroxylation sites is 1. The number of aromatic nitrogens is 3. The first kappa shape index (κ1) is 11.7. The predicted molar refractivity (Wildman–Crippen MR) is 66.9 cm³/mol. The molecule has 17 heavy (non-hydrogen) atoms. The number of benzene rings is 1. The third kappa shape index (κ3) is 3.10. The summed E-state index contributed by atoms with van der Waals surface area (Å²) in [4.78, 5) is 4.38. The lowest BCUT2D eigenvalue weighted by Crippen LogP contribution is -2.17. The summed E-state index contributed by atoms with van der Waals surface area (Å²) in [6.07, 6.45) is 0. The molecule has 5 heteroatoms. The third-order valence-corrected chi connectivity index (χ3v) is 2.42. The van der Waals surface area contributed by atoms with E-state index in [0.717, 1.165) is 17.6 Å². The minimum atomic E-state index is 0.412. The summed E-state index contributed by atoms with van der Waals surface area (Å²) < 4.78 is 5.07. The average Bonchev–Trinajstić information content (AvgIpc) is 2.36. The average molecular weight is 232 g/mol. The molecule has 0 aliphatic rings. The minimum Gasteiger partial charge on any atom is -0.384 e. The van der Waals surface area contributed by atoms with Crippen LogP contribution in [-0.2, 0) is 4.74 Å². The van der Waals surface area contributed by atoms with Crippen LogP contribution in [-0.4, -0.2) is 35.4 Å². The van der Waals surface area contributed by atoms with Crippen molar-refractivity contribution in [2.45, 2.75) is 6.92 Å². The zero-order valence-electron chi connectivity index (χ0n) is 10.1. The van der Waals surface area contributed by atoms with Gasteiger partial charge < -0.3 is 10.1 Å². The molecule has 0 aliphatic heterocycles. The standard InChI is InChI=1S/C12H16N4O/c1-9(8-17-2)7-13-12-14-10-5-3-4-6-11(10)15-16-12/h3-6,9H,7-8H2,1-2H3,(H,13,14,16). The normalized spacial score (nSPS) is 12.6. The SMILES string of the molecule is COCC(C)CNc1nnc2ccccc2n1. The Morgan fingerprint density at radius 3 is 2.76 bits per heavy atom. The maximum Gasteiger partial charge on any atom is 0.243 e. The maximum atomic E-state index is 5.07. The van der Waals surface area contributed by atoms with Crippen LogP contribution < -0.4 is 5.32 Å². The second kappa shape index (κ2) is 5.54. The Kier molecular flexibility index (Phi) is 3.82. The molecule has 1 unspecified atom stereocenters. The van der Waals surface area contributed by atoms with E-state index in [1.54, 1.807) is 7.11 Å². The van der Waals surface area contributed by atoms with E-state index in [4.69, 9.17) is 4.74 Å². The topological polar surface area (TPSA) is 59.9 Å². The molecule has 5 nitrogen and oxygen atoms in total. The molecule has 90 valence electrons. The predicted octanol–water partition coefficient (Wildman–Crippen LogP) is 1.72. The van der Waals surface area contributed by atoms with Crippen LogP contribution in [0.15, 0.2) is 24.3 Å². The van der Waals surface area contributed by atoms with Crippen molar-refractivity contribution in [2.24, 2.45) is 5.92 Å². The molecule has 1 atom stereocenters. The summed E-state index contributed by atoms with van der Waals surface area (Å²) in [5.74, 6) is 0.974. The van der Waals surface area contributed by atoms with Crippen molar-refractivity contribution >= 4 is 17.0 Å². The van der Waals surface area contributed by atoms with E-state index < -0.39 is 0 Å². The van der Waals surface area contributed by atoms with Gasteiger partial charge in [0.15, 0.2) is 0 Å². The van der Waals surface area contributed by atoms with E-state index >= 15 is 0 Å². The van der Waals surface area contributed by atoms with E-state index in [1.165, 1.54) is 0 Å². The molecule has 1 heterocycles. The summed E-state index contributed by atoms with van der Waals surface area (Å²) in [6, 6.07) is 7.68. The second-order valence-corrected chi connectivity index (χ2v) is 4.07. The van der Waals surface area contributed by atoms with Gasteiger partial charge in [-0.1, -0.05) is 19.1 Å². The van der Waals surface area contributed by atoms with Crippen LogP contribution >= 0.6 is 0 Å². The number of nitrogens with one attached hydrogen (secondary N) is 1. The van der Waals surface area contributed by atoms with Gasteiger partial charge in [-0.15, -0.1) is 10.2 Å². The zero-order chi connectivity index (χ0) is 12.1. The van der Waals surface area contributed by atoms with Gasteiger partial charge in [-0.05, 0) is 18.1 Å². The first-order valence-corrected chi connectivity index (χ1v) is 5.62. The van der Waals surface area contributed by atoms with E-state index in [2.05, 4.69) is 27.4 Å². The van der Waals surface area contributed by atoms with Crippen LogP contribution in [0.1, 0.15) is 6.92 Å². The van der Waals surface area contributed by atoms with E-state index in [0.29, 0.717) is 18.5 Å². The lowest BCUT2D eigenvalue weighted by molar-refractivity contribution is 0.164. The Bertz CT molecular complexity index is 489. The fraction of sp³-hybridized carbons (Fsp3) is 0.417. The van der Waals surface area contributed by atoms with Crippen molar-refractivity contribution < 1.29 is 4.74 Å². The van der Waals surface area contributed by atoms with Crippen LogP contribution in [0.2, 0.25) is 0 Å². The highest BCUT2D eigenvalue weighted by atomic mass is 16.5. The Hall–Kier alpha value is -1.75. The molecule has 0 spiro atoms. The van der Waals surface area contributed by atoms with Gasteiger partial charge >= 0.3 is 0 Å². The van der Waals surface area contributed by atoms with Crippen molar-refractivity contribution in [3.8, 4) is 0 Å². The highest BCUT2D eigenvalue weighted by Gasteiger charge is 2.04. The molecule has 0 fully saturated rings. The molecular formula is C12H16N4O. The first-order valence-electron chi connectivity index (χ1n) is 5.62. The van der Waals surface area contributed by atoms with Crippen molar-refractivity contribution in [3.63, 3.8) is 0 Å². The number of hydrogen-bond acceptors (Lipinski definition) is 5. The lowest BCUT2D eigenvalue weighted by Gasteiger charge is -2.10. The zero-order valence-corrected chi connectivity index (χ0v) is 10.1. The molecule has 0 bridgehead atoms. The van der Waals surface area contributed by atoms with Crippen molar-refractivity contribution in [2.75, 3.05) is 25.6 Å². The monoisotopic (exact) mass is 232 g/mol. The summed E-state index contributed by atoms with van der Waals surface area (Å²) in [6.45, 7) is 3.59. The Labute approximate surface area is 100 Å². The van der Waals surface area contributed by atoms with Gasteiger partial charge in [-0.25, -0.2) is 4.98 Å². The van der Waals surface area contributed by atoms with Gasteiger partial charge in [0.1, 0.15) is 5.52 Å². The van der Waals surface area contributed by atoms with Gasteiger partial charge in [0.25, 0.3) is 0 Å². The van der Waals surface area contributed by atoms with Crippen LogP contribution in [0.5, 0.6) is 0 Å². The molecule has 1 N–H and O–H groups in total. The van der Waals surface area contributed by atoms with Crippen LogP contribution in [0.4, 0.5) is 5.95 Å². The summed E-state index contributed by atoms with van der Waals surface area (Å²) in [7, 11) is 1.70. The van der Waals surface area contributed by atoms with Gasteiger partial charge in [0, 0.05) is 13.7 Å². The van der Waals surface area contributed by atoms with Gasteiger partial charge in [0.05, 0.1) is 12.1 Å². The maximum absolute atomic E-state index is 5.07. The van der Waals surface area contributed by atoms with Gasteiger partial charge in [-0.2, -0.15) is 0 Å². The summed E-state index contributed by atoms with van der Waals surface area (Å²) >= 11 is 0. The molecule has 0 saturated carbocycles.